The van der Waals surface area contributed by atoms with Gasteiger partial charge in [0.05, 0.1) is 17.9 Å². The third kappa shape index (κ3) is 5.09. The van der Waals surface area contributed by atoms with Gasteiger partial charge in [-0.25, -0.2) is 0 Å². The van der Waals surface area contributed by atoms with Gasteiger partial charge in [-0.3, -0.25) is 14.4 Å². The van der Waals surface area contributed by atoms with E-state index in [9.17, 15) is 24.6 Å². The number of carboxylic acid groups (broad SMARTS) is 1. The molecular weight excluding hydrogens is 681 g/mol. The van der Waals surface area contributed by atoms with Gasteiger partial charge in [0.2, 0.25) is 0 Å². The highest BCUT2D eigenvalue weighted by atomic mass is 31.1. The van der Waals surface area contributed by atoms with Crippen molar-refractivity contribution in [3.63, 3.8) is 0 Å². The Hall–Kier alpha value is -1.30. The van der Waals surface area contributed by atoms with Crippen molar-refractivity contribution in [1.29, 1.82) is 0 Å². The molecule has 3 N–H and O–H groups in total. The third-order valence-electron chi connectivity index (χ3n) is 19.1. The van der Waals surface area contributed by atoms with Crippen LogP contribution in [0.3, 0.4) is 0 Å². The highest BCUT2D eigenvalue weighted by Gasteiger charge is 2.83. The fraction of sp³-hybridized carbons (Fsp3) is 0.889. The van der Waals surface area contributed by atoms with Gasteiger partial charge < -0.3 is 20.3 Å². The second-order valence-corrected chi connectivity index (χ2v) is 23.7. The zero-order valence-electron chi connectivity index (χ0n) is 34.2. The predicted octanol–water partition coefficient (Wildman–Crippen LogP) is 8.70. The molecule has 7 aliphatic carbocycles. The number of carboxylic acids is 1. The lowest BCUT2D eigenvalue weighted by atomic mass is 9.33. The summed E-state index contributed by atoms with van der Waals surface area (Å²) in [6.45, 7) is 20.0. The normalized spacial score (nSPS) is 48.2. The van der Waals surface area contributed by atoms with Crippen LogP contribution < -0.4 is 5.32 Å². The predicted molar refractivity (Wildman–Crippen MR) is 210 cm³/mol. The molecule has 1 aliphatic heterocycles. The minimum absolute atomic E-state index is 0.0174. The summed E-state index contributed by atoms with van der Waals surface area (Å²) in [5, 5.41) is 25.7. The Balaban J connectivity index is 1.03. The first-order valence-corrected chi connectivity index (χ1v) is 22.7. The van der Waals surface area contributed by atoms with Crippen molar-refractivity contribution in [2.45, 2.75) is 174 Å². The number of hydrogen-bond acceptors (Lipinski definition) is 6. The van der Waals surface area contributed by atoms with Crippen LogP contribution in [-0.2, 0) is 19.1 Å². The van der Waals surface area contributed by atoms with Crippen molar-refractivity contribution in [1.82, 2.24) is 5.32 Å². The van der Waals surface area contributed by atoms with Crippen LogP contribution in [0.15, 0.2) is 11.1 Å². The summed E-state index contributed by atoms with van der Waals surface area (Å²) in [6.07, 6.45) is 15.2. The number of aliphatic carboxylic acids is 1. The molecule has 1 saturated heterocycles. The molecule has 6 saturated carbocycles. The summed E-state index contributed by atoms with van der Waals surface area (Å²) in [7, 11) is 0.778. The minimum Gasteiger partial charge on any atom is -0.481 e. The SMILES string of the molecule is CC(C)C1=C2[C@H]3CC[C@@H]4[C@@]5(C)CC[C@H](OC(=O)[C@H]6C[C@@H](C(=O)O)C6(C)C)[C@@]6(C)P[C@@]56CC[C@@]4(C)[C@]3(C)CC[C@@]2([C@@H](O)CNCC2CCCCC2)CC1=O. The molecule has 1 unspecified atom stereocenters. The van der Waals surface area contributed by atoms with Gasteiger partial charge in [0.15, 0.2) is 5.78 Å². The van der Waals surface area contributed by atoms with Gasteiger partial charge >= 0.3 is 11.9 Å². The summed E-state index contributed by atoms with van der Waals surface area (Å²) in [5.41, 5.74) is 1.72. The minimum atomic E-state index is -0.811. The Kier molecular flexibility index (Phi) is 9.17. The molecule has 53 heavy (non-hydrogen) atoms. The van der Waals surface area contributed by atoms with E-state index >= 15 is 0 Å². The molecule has 296 valence electrons. The number of carbonyl (C=O) groups excluding carboxylic acids is 2. The topological polar surface area (TPSA) is 113 Å². The average Bonchev–Trinajstić information content (AvgIpc) is 3.61. The number of fused-ring (bicyclic) bond motifs is 6. The largest absolute Gasteiger partial charge is 0.481 e. The fourth-order valence-corrected chi connectivity index (χ4v) is 18.1. The van der Waals surface area contributed by atoms with E-state index in [4.69, 9.17) is 4.74 Å². The number of aliphatic hydroxyl groups excluding tert-OH is 1. The van der Waals surface area contributed by atoms with E-state index in [-0.39, 0.29) is 50.5 Å². The van der Waals surface area contributed by atoms with Gasteiger partial charge in [0, 0.05) is 28.7 Å². The highest BCUT2D eigenvalue weighted by molar-refractivity contribution is 7.52. The van der Waals surface area contributed by atoms with Crippen molar-refractivity contribution in [3.8, 4) is 0 Å². The molecule has 0 radical (unpaired) electrons. The van der Waals surface area contributed by atoms with Crippen molar-refractivity contribution >= 4 is 26.3 Å². The number of carbonyl (C=O) groups is 3. The van der Waals surface area contributed by atoms with Crippen LogP contribution >= 0.6 is 8.58 Å². The quantitative estimate of drug-likeness (QED) is 0.160. The maximum atomic E-state index is 14.1. The van der Waals surface area contributed by atoms with E-state index < -0.39 is 28.8 Å². The van der Waals surface area contributed by atoms with Crippen LogP contribution in [0, 0.1) is 62.6 Å². The number of allylic oxidation sites excluding steroid dienone is 1. The van der Waals surface area contributed by atoms with E-state index in [1.807, 2.05) is 13.8 Å². The van der Waals surface area contributed by atoms with Crippen LogP contribution in [0.25, 0.3) is 0 Å². The molecule has 0 amide bonds. The number of Topliss-reactive ketones (excluding diaryl/α,β-unsaturated/α-hetero) is 1. The number of nitrogens with one attached hydrogen (secondary N) is 1. The number of hydrogen-bond donors (Lipinski definition) is 3. The molecule has 7 fully saturated rings. The Morgan fingerprint density at radius 2 is 1.57 bits per heavy atom. The summed E-state index contributed by atoms with van der Waals surface area (Å²) in [5.74, 6) is 0.212. The number of ether oxygens (including phenoxy) is 1. The molecular formula is C45H70NO6P. The van der Waals surface area contributed by atoms with Crippen LogP contribution in [0.5, 0.6) is 0 Å². The monoisotopic (exact) mass is 751 g/mol. The smallest absolute Gasteiger partial charge is 0.309 e. The van der Waals surface area contributed by atoms with E-state index in [1.54, 1.807) is 0 Å². The van der Waals surface area contributed by atoms with Crippen molar-refractivity contribution < 1.29 is 29.3 Å². The Bertz CT molecular complexity index is 1580. The number of ketones is 1. The Morgan fingerprint density at radius 3 is 2.23 bits per heavy atom. The third-order valence-corrected chi connectivity index (χ3v) is 21.9. The van der Waals surface area contributed by atoms with E-state index in [2.05, 4.69) is 46.9 Å². The number of aliphatic hydroxyl groups is 1. The molecule has 0 aromatic carbocycles. The van der Waals surface area contributed by atoms with Crippen molar-refractivity contribution in [3.05, 3.63) is 11.1 Å². The molecule has 8 rings (SSSR count). The van der Waals surface area contributed by atoms with E-state index in [1.165, 1.54) is 37.7 Å². The summed E-state index contributed by atoms with van der Waals surface area (Å²) < 4.78 is 6.47. The van der Waals surface area contributed by atoms with Gasteiger partial charge in [0.1, 0.15) is 6.10 Å². The standard InChI is InChI=1S/C45H70NO6P/c1-26(2)35-31(47)23-44(33(48)25-46-24-27-12-10-9-11-13-27)20-18-40(5)28(36(35)44)14-15-32-41(40,6)19-21-45-42(32,7)17-16-34(43(45,8)53-45)52-38(51)30-22-29(37(49)50)39(30,3)4/h26-30,32-34,46,48,53H,9-25H2,1-8H3,(H,49,50)/t28-,29+,30-,32+,33+,34+,40-,41-,42-,43-,44+,45+/m1/s1. The highest BCUT2D eigenvalue weighted by Crippen LogP contribution is 2.89. The maximum absolute atomic E-state index is 14.1. The molecule has 0 aromatic rings. The molecule has 8 aliphatic rings. The zero-order valence-corrected chi connectivity index (χ0v) is 35.2. The summed E-state index contributed by atoms with van der Waals surface area (Å²) in [6, 6.07) is 0. The van der Waals surface area contributed by atoms with Gasteiger partial charge in [-0.1, -0.05) is 80.2 Å². The molecule has 1 heterocycles. The second-order valence-electron chi connectivity index (χ2n) is 21.5. The van der Waals surface area contributed by atoms with E-state index in [0.29, 0.717) is 42.9 Å². The lowest BCUT2D eigenvalue weighted by Crippen LogP contribution is -2.67. The zero-order chi connectivity index (χ0) is 38.1. The summed E-state index contributed by atoms with van der Waals surface area (Å²) in [4.78, 5) is 39.5. The molecule has 7 nitrogen and oxygen atoms in total. The molecule has 8 heteroatoms. The molecule has 0 bridgehead atoms. The van der Waals surface area contributed by atoms with Crippen LogP contribution in [0.4, 0.5) is 0 Å². The molecule has 0 aromatic heterocycles. The van der Waals surface area contributed by atoms with Gasteiger partial charge in [-0.15, -0.1) is 8.58 Å². The van der Waals surface area contributed by atoms with Crippen LogP contribution in [0.2, 0.25) is 0 Å². The van der Waals surface area contributed by atoms with Crippen molar-refractivity contribution in [2.75, 3.05) is 13.1 Å². The van der Waals surface area contributed by atoms with Crippen LogP contribution in [0.1, 0.15) is 152 Å². The van der Waals surface area contributed by atoms with Gasteiger partial charge in [-0.2, -0.15) is 0 Å². The van der Waals surface area contributed by atoms with Gasteiger partial charge in [0.25, 0.3) is 0 Å². The first-order chi connectivity index (χ1) is 24.8. The average molecular weight is 752 g/mol. The number of esters is 1. The first kappa shape index (κ1) is 38.6. The second kappa shape index (κ2) is 12.6. The molecule has 1 spiro atoms. The van der Waals surface area contributed by atoms with Crippen LogP contribution in [-0.4, -0.2) is 63.5 Å². The fourth-order valence-electron chi connectivity index (χ4n) is 15.5. The first-order valence-electron chi connectivity index (χ1n) is 21.7. The maximum Gasteiger partial charge on any atom is 0.309 e. The molecule has 13 atom stereocenters. The van der Waals surface area contributed by atoms with Gasteiger partial charge in [-0.05, 0) is 128 Å². The van der Waals surface area contributed by atoms with Crippen molar-refractivity contribution in [2.24, 2.45) is 62.6 Å². The lowest BCUT2D eigenvalue weighted by Gasteiger charge is -2.71. The summed E-state index contributed by atoms with van der Waals surface area (Å²) >= 11 is 0. The Morgan fingerprint density at radius 1 is 0.868 bits per heavy atom. The lowest BCUT2D eigenvalue weighted by molar-refractivity contribution is -0.200. The number of rotatable bonds is 9. The van der Waals surface area contributed by atoms with E-state index in [0.717, 1.165) is 72.1 Å². The Labute approximate surface area is 321 Å².